The molecule has 1 rings (SSSR count). The molecule has 0 radical (unpaired) electrons. The molecule has 5 nitrogen and oxygen atoms in total. The van der Waals surface area contributed by atoms with Crippen molar-refractivity contribution in [3.8, 4) is 5.75 Å². The van der Waals surface area contributed by atoms with Gasteiger partial charge in [-0.2, -0.15) is 0 Å². The van der Waals surface area contributed by atoms with Crippen LogP contribution in [-0.2, 0) is 4.79 Å². The Kier molecular flexibility index (Phi) is 7.19. The first-order valence-corrected chi connectivity index (χ1v) is 7.19. The summed E-state index contributed by atoms with van der Waals surface area (Å²) in [4.78, 5) is 12.9. The molecule has 0 fully saturated rings. The summed E-state index contributed by atoms with van der Waals surface area (Å²) in [5.41, 5.74) is 2.25. The van der Waals surface area contributed by atoms with Gasteiger partial charge in [0, 0.05) is 33.6 Å². The minimum absolute atomic E-state index is 0.0727. The molecular formula is C16H26N2O3. The van der Waals surface area contributed by atoms with E-state index in [1.807, 2.05) is 32.0 Å². The summed E-state index contributed by atoms with van der Waals surface area (Å²) in [6.07, 6.45) is -0.169. The first-order valence-electron chi connectivity index (χ1n) is 7.19. The highest BCUT2D eigenvalue weighted by atomic mass is 16.5. The van der Waals surface area contributed by atoms with Gasteiger partial charge in [0.05, 0.1) is 0 Å². The van der Waals surface area contributed by atoms with Gasteiger partial charge < -0.3 is 20.1 Å². The summed E-state index contributed by atoms with van der Waals surface area (Å²) < 4.78 is 5.60. The third-order valence-corrected chi connectivity index (χ3v) is 3.16. The molecule has 0 saturated carbocycles. The van der Waals surface area contributed by atoms with Crippen LogP contribution in [0.5, 0.6) is 5.75 Å². The van der Waals surface area contributed by atoms with E-state index >= 15 is 0 Å². The molecule has 118 valence electrons. The summed E-state index contributed by atoms with van der Waals surface area (Å²) in [5.74, 6) is 0.867. The zero-order valence-corrected chi connectivity index (χ0v) is 13.3. The van der Waals surface area contributed by atoms with Gasteiger partial charge in [-0.25, -0.2) is 0 Å². The Hall–Kier alpha value is -1.59. The predicted molar refractivity (Wildman–Crippen MR) is 83.6 cm³/mol. The number of carbonyl (C=O) groups excluding carboxylic acids is 1. The molecule has 0 aliphatic rings. The lowest BCUT2D eigenvalue weighted by atomic mass is 10.1. The molecule has 21 heavy (non-hydrogen) atoms. The van der Waals surface area contributed by atoms with E-state index in [-0.39, 0.29) is 12.5 Å². The predicted octanol–water partition coefficient (Wildman–Crippen LogP) is 1.11. The highest BCUT2D eigenvalue weighted by molar-refractivity contribution is 5.75. The first-order chi connectivity index (χ1) is 9.90. The standard InChI is InChI=1S/C16H26N2O3/c1-12-5-6-15(13(2)9-12)21-11-14(19)10-17-8-7-16(20)18(3)4/h5-6,9,14,17,19H,7-8,10-11H2,1-4H3. The van der Waals surface area contributed by atoms with E-state index in [9.17, 15) is 9.90 Å². The van der Waals surface area contributed by atoms with Crippen molar-refractivity contribution in [2.45, 2.75) is 26.4 Å². The molecule has 0 aliphatic heterocycles. The molecule has 0 aromatic heterocycles. The van der Waals surface area contributed by atoms with Gasteiger partial charge in [-0.1, -0.05) is 17.7 Å². The normalized spacial score (nSPS) is 12.0. The number of aryl methyl sites for hydroxylation is 2. The highest BCUT2D eigenvalue weighted by Gasteiger charge is 2.08. The molecule has 0 heterocycles. The van der Waals surface area contributed by atoms with Crippen molar-refractivity contribution in [2.24, 2.45) is 0 Å². The summed E-state index contributed by atoms with van der Waals surface area (Å²) in [5, 5.41) is 12.9. The van der Waals surface area contributed by atoms with Crippen LogP contribution in [-0.4, -0.2) is 55.8 Å². The van der Waals surface area contributed by atoms with Gasteiger partial charge in [0.15, 0.2) is 0 Å². The topological polar surface area (TPSA) is 61.8 Å². The summed E-state index contributed by atoms with van der Waals surface area (Å²) in [6, 6.07) is 5.95. The molecule has 1 aromatic rings. The molecule has 1 aromatic carbocycles. The van der Waals surface area contributed by atoms with Crippen LogP contribution >= 0.6 is 0 Å². The number of nitrogens with one attached hydrogen (secondary N) is 1. The van der Waals surface area contributed by atoms with E-state index in [4.69, 9.17) is 4.74 Å². The van der Waals surface area contributed by atoms with Crippen LogP contribution in [0.3, 0.4) is 0 Å². The summed E-state index contributed by atoms with van der Waals surface area (Å²) in [7, 11) is 3.46. The number of hydrogen-bond acceptors (Lipinski definition) is 4. The molecule has 2 N–H and O–H groups in total. The van der Waals surface area contributed by atoms with Crippen molar-refractivity contribution in [3.05, 3.63) is 29.3 Å². The van der Waals surface area contributed by atoms with Crippen LogP contribution < -0.4 is 10.1 Å². The SMILES string of the molecule is Cc1ccc(OCC(O)CNCCC(=O)N(C)C)c(C)c1. The number of benzene rings is 1. The largest absolute Gasteiger partial charge is 0.491 e. The van der Waals surface area contributed by atoms with Crippen LogP contribution in [0.1, 0.15) is 17.5 Å². The van der Waals surface area contributed by atoms with Crippen LogP contribution in [0.4, 0.5) is 0 Å². The highest BCUT2D eigenvalue weighted by Crippen LogP contribution is 2.18. The summed E-state index contributed by atoms with van der Waals surface area (Å²) in [6.45, 7) is 5.21. The van der Waals surface area contributed by atoms with Crippen molar-refractivity contribution in [1.29, 1.82) is 0 Å². The number of amides is 1. The van der Waals surface area contributed by atoms with Crippen LogP contribution in [0.2, 0.25) is 0 Å². The third-order valence-electron chi connectivity index (χ3n) is 3.16. The van der Waals surface area contributed by atoms with Crippen molar-refractivity contribution in [1.82, 2.24) is 10.2 Å². The monoisotopic (exact) mass is 294 g/mol. The summed E-state index contributed by atoms with van der Waals surface area (Å²) >= 11 is 0. The maximum absolute atomic E-state index is 11.4. The van der Waals surface area contributed by atoms with Gasteiger partial charge in [0.1, 0.15) is 18.5 Å². The zero-order chi connectivity index (χ0) is 15.8. The Bertz CT molecular complexity index is 461. The number of hydrogen-bond donors (Lipinski definition) is 2. The van der Waals surface area contributed by atoms with Crippen LogP contribution in [0.15, 0.2) is 18.2 Å². The molecule has 5 heteroatoms. The van der Waals surface area contributed by atoms with E-state index < -0.39 is 6.10 Å². The lowest BCUT2D eigenvalue weighted by molar-refractivity contribution is -0.128. The fourth-order valence-electron chi connectivity index (χ4n) is 1.89. The molecule has 1 amide bonds. The van der Waals surface area contributed by atoms with Gasteiger partial charge in [-0.15, -0.1) is 0 Å². The third kappa shape index (κ3) is 6.60. The fourth-order valence-corrected chi connectivity index (χ4v) is 1.89. The minimum Gasteiger partial charge on any atom is -0.491 e. The first kappa shape index (κ1) is 17.5. The zero-order valence-electron chi connectivity index (χ0n) is 13.3. The number of aliphatic hydroxyl groups is 1. The van der Waals surface area contributed by atoms with E-state index in [1.54, 1.807) is 19.0 Å². The van der Waals surface area contributed by atoms with E-state index in [0.717, 1.165) is 11.3 Å². The maximum Gasteiger partial charge on any atom is 0.223 e. The number of nitrogens with zero attached hydrogens (tertiary/aromatic N) is 1. The van der Waals surface area contributed by atoms with Gasteiger partial charge in [0.25, 0.3) is 0 Å². The number of aliphatic hydroxyl groups excluding tert-OH is 1. The Morgan fingerprint density at radius 3 is 2.71 bits per heavy atom. The molecule has 0 bridgehead atoms. The maximum atomic E-state index is 11.4. The van der Waals surface area contributed by atoms with Gasteiger partial charge in [0.2, 0.25) is 5.91 Å². The second-order valence-electron chi connectivity index (χ2n) is 5.48. The second kappa shape index (κ2) is 8.64. The molecule has 0 saturated heterocycles. The van der Waals surface area contributed by atoms with Crippen LogP contribution in [0.25, 0.3) is 0 Å². The van der Waals surface area contributed by atoms with Crippen molar-refractivity contribution in [3.63, 3.8) is 0 Å². The van der Waals surface area contributed by atoms with Crippen molar-refractivity contribution >= 4 is 5.91 Å². The number of ether oxygens (including phenoxy) is 1. The van der Waals surface area contributed by atoms with E-state index in [0.29, 0.717) is 19.5 Å². The molecule has 0 aliphatic carbocycles. The molecule has 1 unspecified atom stereocenters. The molecular weight excluding hydrogens is 268 g/mol. The second-order valence-corrected chi connectivity index (χ2v) is 5.48. The Morgan fingerprint density at radius 2 is 2.10 bits per heavy atom. The smallest absolute Gasteiger partial charge is 0.223 e. The number of carbonyl (C=O) groups is 1. The Morgan fingerprint density at radius 1 is 1.38 bits per heavy atom. The number of rotatable bonds is 8. The average molecular weight is 294 g/mol. The van der Waals surface area contributed by atoms with Gasteiger partial charge in [-0.3, -0.25) is 4.79 Å². The fraction of sp³-hybridized carbons (Fsp3) is 0.562. The van der Waals surface area contributed by atoms with Gasteiger partial charge >= 0.3 is 0 Å². The molecule has 1 atom stereocenters. The lowest BCUT2D eigenvalue weighted by Crippen LogP contribution is -2.34. The van der Waals surface area contributed by atoms with Crippen LogP contribution in [0, 0.1) is 13.8 Å². The Balaban J connectivity index is 2.22. The van der Waals surface area contributed by atoms with E-state index in [1.165, 1.54) is 5.56 Å². The lowest BCUT2D eigenvalue weighted by Gasteiger charge is -2.15. The van der Waals surface area contributed by atoms with Crippen molar-refractivity contribution < 1.29 is 14.6 Å². The Labute approximate surface area is 126 Å². The van der Waals surface area contributed by atoms with E-state index in [2.05, 4.69) is 5.32 Å². The quantitative estimate of drug-likeness (QED) is 0.705. The van der Waals surface area contributed by atoms with Gasteiger partial charge in [-0.05, 0) is 25.5 Å². The van der Waals surface area contributed by atoms with Crippen molar-refractivity contribution in [2.75, 3.05) is 33.8 Å². The minimum atomic E-state index is -0.597. The molecule has 0 spiro atoms. The average Bonchev–Trinajstić information content (AvgIpc) is 2.42.